The molecule has 0 aliphatic heterocycles. The Balaban J connectivity index is 4.87. The highest BCUT2D eigenvalue weighted by molar-refractivity contribution is 5.90. The second-order valence-electron chi connectivity index (χ2n) is 4.12. The Hall–Kier alpha value is -2.21. The summed E-state index contributed by atoms with van der Waals surface area (Å²) in [5.74, 6) is -1.61. The van der Waals surface area contributed by atoms with E-state index in [0.717, 1.165) is 18.2 Å². The van der Waals surface area contributed by atoms with Crippen LogP contribution in [0.5, 0.6) is 0 Å². The van der Waals surface area contributed by atoms with Gasteiger partial charge in [0.05, 0.1) is 0 Å². The van der Waals surface area contributed by atoms with Gasteiger partial charge in [0, 0.05) is 12.2 Å². The summed E-state index contributed by atoms with van der Waals surface area (Å²) in [6.45, 7) is 11.0. The molecular weight excluding hydrogens is 276 g/mol. The van der Waals surface area contributed by atoms with Gasteiger partial charge in [0.25, 0.3) is 0 Å². The summed E-state index contributed by atoms with van der Waals surface area (Å²) in [6.07, 6.45) is 3.48. The minimum atomic E-state index is -1.12. The Labute approximate surface area is 124 Å². The van der Waals surface area contributed by atoms with Crippen molar-refractivity contribution in [3.05, 3.63) is 38.0 Å². The summed E-state index contributed by atoms with van der Waals surface area (Å²) in [6, 6.07) is 0. The van der Waals surface area contributed by atoms with Crippen molar-refractivity contribution in [2.75, 3.05) is 19.8 Å². The van der Waals surface area contributed by atoms with Crippen LogP contribution in [0.4, 0.5) is 0 Å². The predicted octanol–water partition coefficient (Wildman–Crippen LogP) is 1.37. The van der Waals surface area contributed by atoms with Crippen LogP contribution in [0.15, 0.2) is 38.0 Å². The number of ether oxygens (including phenoxy) is 3. The number of rotatable bonds is 11. The van der Waals surface area contributed by atoms with Gasteiger partial charge in [-0.3, -0.25) is 4.79 Å². The summed E-state index contributed by atoms with van der Waals surface area (Å²) < 4.78 is 15.4. The van der Waals surface area contributed by atoms with Crippen molar-refractivity contribution < 1.29 is 28.6 Å². The SMILES string of the molecule is C=CC(=O)COC(CC)(COC(=O)C=C)COC(=O)C=C. The van der Waals surface area contributed by atoms with E-state index in [1.54, 1.807) is 6.92 Å². The molecule has 6 nitrogen and oxygen atoms in total. The smallest absolute Gasteiger partial charge is 0.330 e. The van der Waals surface area contributed by atoms with Gasteiger partial charge in [-0.15, -0.1) is 0 Å². The van der Waals surface area contributed by atoms with Gasteiger partial charge in [-0.05, 0) is 12.5 Å². The molecule has 0 aromatic heterocycles. The van der Waals surface area contributed by atoms with E-state index in [2.05, 4.69) is 19.7 Å². The van der Waals surface area contributed by atoms with Gasteiger partial charge < -0.3 is 14.2 Å². The Morgan fingerprint density at radius 3 is 1.76 bits per heavy atom. The van der Waals surface area contributed by atoms with Gasteiger partial charge in [-0.25, -0.2) is 9.59 Å². The zero-order valence-corrected chi connectivity index (χ0v) is 12.1. The monoisotopic (exact) mass is 296 g/mol. The Kier molecular flexibility index (Phi) is 8.64. The maximum atomic E-state index is 11.3. The van der Waals surface area contributed by atoms with Crippen molar-refractivity contribution in [3.63, 3.8) is 0 Å². The van der Waals surface area contributed by atoms with Crippen LogP contribution in [0.3, 0.4) is 0 Å². The Morgan fingerprint density at radius 1 is 0.952 bits per heavy atom. The van der Waals surface area contributed by atoms with Crippen molar-refractivity contribution in [3.8, 4) is 0 Å². The minimum absolute atomic E-state index is 0.177. The molecule has 0 aliphatic rings. The van der Waals surface area contributed by atoms with Gasteiger partial charge in [0.1, 0.15) is 25.4 Å². The molecule has 0 aliphatic carbocycles. The van der Waals surface area contributed by atoms with Crippen molar-refractivity contribution in [2.45, 2.75) is 18.9 Å². The fourth-order valence-corrected chi connectivity index (χ4v) is 1.24. The van der Waals surface area contributed by atoms with E-state index in [1.165, 1.54) is 0 Å². The lowest BCUT2D eigenvalue weighted by Crippen LogP contribution is -2.44. The van der Waals surface area contributed by atoms with Gasteiger partial charge in [0.15, 0.2) is 5.78 Å². The molecule has 6 heteroatoms. The lowest BCUT2D eigenvalue weighted by molar-refractivity contribution is -0.168. The molecule has 0 unspecified atom stereocenters. The molecule has 0 rings (SSSR count). The Morgan fingerprint density at radius 2 is 1.43 bits per heavy atom. The van der Waals surface area contributed by atoms with Crippen LogP contribution in [-0.4, -0.2) is 43.1 Å². The van der Waals surface area contributed by atoms with E-state index in [9.17, 15) is 14.4 Å². The Bertz CT molecular complexity index is 364. The van der Waals surface area contributed by atoms with E-state index in [0.29, 0.717) is 6.42 Å². The number of hydrogen-bond donors (Lipinski definition) is 0. The standard InChI is InChI=1S/C15H20O6/c1-5-12(16)9-21-15(8-4,10-19-13(17)6-2)11-20-14(18)7-3/h5-7H,1-3,8-11H2,4H3. The van der Waals surface area contributed by atoms with Crippen LogP contribution in [0.25, 0.3) is 0 Å². The van der Waals surface area contributed by atoms with E-state index >= 15 is 0 Å². The first-order valence-corrected chi connectivity index (χ1v) is 6.30. The summed E-state index contributed by atoms with van der Waals surface area (Å²) >= 11 is 0. The largest absolute Gasteiger partial charge is 0.459 e. The molecule has 0 spiro atoms. The van der Waals surface area contributed by atoms with Gasteiger partial charge in [-0.1, -0.05) is 26.7 Å². The first-order valence-electron chi connectivity index (χ1n) is 6.30. The minimum Gasteiger partial charge on any atom is -0.459 e. The van der Waals surface area contributed by atoms with Gasteiger partial charge >= 0.3 is 11.9 Å². The van der Waals surface area contributed by atoms with E-state index in [4.69, 9.17) is 14.2 Å². The number of hydrogen-bond acceptors (Lipinski definition) is 6. The van der Waals surface area contributed by atoms with Crippen LogP contribution < -0.4 is 0 Å². The van der Waals surface area contributed by atoms with Crippen LogP contribution in [0, 0.1) is 0 Å². The number of esters is 2. The highest BCUT2D eigenvalue weighted by atomic mass is 16.6. The fraction of sp³-hybridized carbons (Fsp3) is 0.400. The highest BCUT2D eigenvalue weighted by Crippen LogP contribution is 2.18. The molecule has 0 heterocycles. The van der Waals surface area contributed by atoms with Crippen LogP contribution in [0.1, 0.15) is 13.3 Å². The van der Waals surface area contributed by atoms with Crippen LogP contribution >= 0.6 is 0 Å². The van der Waals surface area contributed by atoms with Crippen molar-refractivity contribution in [2.24, 2.45) is 0 Å². The second kappa shape index (κ2) is 9.66. The summed E-state index contributed by atoms with van der Waals surface area (Å²) in [4.78, 5) is 33.6. The molecule has 0 aromatic carbocycles. The predicted molar refractivity (Wildman–Crippen MR) is 76.5 cm³/mol. The summed E-state index contributed by atoms with van der Waals surface area (Å²) in [5, 5.41) is 0. The van der Waals surface area contributed by atoms with Crippen molar-refractivity contribution in [1.82, 2.24) is 0 Å². The zero-order chi connectivity index (χ0) is 16.3. The molecule has 0 fully saturated rings. The molecule has 116 valence electrons. The molecular formula is C15H20O6. The average Bonchev–Trinajstić information content (AvgIpc) is 2.53. The summed E-state index contributed by atoms with van der Waals surface area (Å²) in [7, 11) is 0. The first-order chi connectivity index (χ1) is 9.92. The van der Waals surface area contributed by atoms with E-state index in [1.807, 2.05) is 0 Å². The number of carbonyl (C=O) groups excluding carboxylic acids is 3. The first kappa shape index (κ1) is 18.8. The average molecular weight is 296 g/mol. The molecule has 0 N–H and O–H groups in total. The fourth-order valence-electron chi connectivity index (χ4n) is 1.24. The molecule has 0 saturated carbocycles. The molecule has 0 radical (unpaired) electrons. The zero-order valence-electron chi connectivity index (χ0n) is 12.1. The molecule has 0 atom stereocenters. The molecule has 21 heavy (non-hydrogen) atoms. The lowest BCUT2D eigenvalue weighted by atomic mass is 10.0. The van der Waals surface area contributed by atoms with Crippen molar-refractivity contribution in [1.29, 1.82) is 0 Å². The second-order valence-corrected chi connectivity index (χ2v) is 4.12. The van der Waals surface area contributed by atoms with Gasteiger partial charge in [0.2, 0.25) is 0 Å². The third kappa shape index (κ3) is 7.22. The number of carbonyl (C=O) groups is 3. The molecule has 0 saturated heterocycles. The quantitative estimate of drug-likeness (QED) is 0.423. The molecule has 0 amide bonds. The normalized spacial score (nSPS) is 10.3. The van der Waals surface area contributed by atoms with Crippen LogP contribution in [0.2, 0.25) is 0 Å². The van der Waals surface area contributed by atoms with E-state index < -0.39 is 17.5 Å². The highest BCUT2D eigenvalue weighted by Gasteiger charge is 2.33. The van der Waals surface area contributed by atoms with Crippen LogP contribution in [-0.2, 0) is 28.6 Å². The maximum absolute atomic E-state index is 11.3. The maximum Gasteiger partial charge on any atom is 0.330 e. The van der Waals surface area contributed by atoms with E-state index in [-0.39, 0.29) is 25.6 Å². The summed E-state index contributed by atoms with van der Waals surface area (Å²) in [5.41, 5.74) is -1.12. The van der Waals surface area contributed by atoms with Gasteiger partial charge in [-0.2, -0.15) is 0 Å². The molecule has 0 bridgehead atoms. The third-order valence-electron chi connectivity index (χ3n) is 2.68. The topological polar surface area (TPSA) is 78.9 Å². The number of ketones is 1. The lowest BCUT2D eigenvalue weighted by Gasteiger charge is -2.31. The third-order valence-corrected chi connectivity index (χ3v) is 2.68. The van der Waals surface area contributed by atoms with Crippen molar-refractivity contribution >= 4 is 17.7 Å². The molecule has 0 aromatic rings.